The highest BCUT2D eigenvalue weighted by atomic mass is 16.6. The molecule has 0 aliphatic carbocycles. The molecule has 8 nitrogen and oxygen atoms in total. The lowest BCUT2D eigenvalue weighted by atomic mass is 10.1. The number of nitrogens with zero attached hydrogens (tertiary/aromatic N) is 4. The molecular formula is C18H19N5O3. The average molecular weight is 353 g/mol. The third kappa shape index (κ3) is 4.07. The molecule has 0 radical (unpaired) electrons. The van der Waals surface area contributed by atoms with E-state index in [4.69, 9.17) is 4.74 Å². The molecule has 8 heteroatoms. The van der Waals surface area contributed by atoms with E-state index in [-0.39, 0.29) is 17.4 Å². The van der Waals surface area contributed by atoms with Crippen LogP contribution in [-0.4, -0.2) is 35.7 Å². The van der Waals surface area contributed by atoms with Crippen molar-refractivity contribution in [1.82, 2.24) is 4.98 Å². The van der Waals surface area contributed by atoms with E-state index in [0.717, 1.165) is 24.5 Å². The second-order valence-electron chi connectivity index (χ2n) is 6.10. The highest BCUT2D eigenvalue weighted by Gasteiger charge is 2.17. The van der Waals surface area contributed by atoms with Gasteiger partial charge < -0.3 is 15.0 Å². The molecule has 3 rings (SSSR count). The molecule has 2 heterocycles. The van der Waals surface area contributed by atoms with Gasteiger partial charge in [0.15, 0.2) is 0 Å². The number of ether oxygens (including phenoxy) is 1. The molecular weight excluding hydrogens is 334 g/mol. The predicted molar refractivity (Wildman–Crippen MR) is 97.0 cm³/mol. The quantitative estimate of drug-likeness (QED) is 0.651. The molecule has 0 amide bonds. The fourth-order valence-electron chi connectivity index (χ4n) is 2.82. The molecule has 26 heavy (non-hydrogen) atoms. The summed E-state index contributed by atoms with van der Waals surface area (Å²) in [5.74, 6) is 0.914. The van der Waals surface area contributed by atoms with Crippen LogP contribution in [0.15, 0.2) is 36.5 Å². The molecule has 1 aromatic heterocycles. The third-order valence-electron chi connectivity index (χ3n) is 4.19. The third-order valence-corrected chi connectivity index (χ3v) is 4.19. The maximum Gasteiger partial charge on any atom is 0.270 e. The SMILES string of the molecule is CC1CN(c2ccc(CNc3ccc([N+](=O)[O-])cc3C#N)cn2)CCO1. The maximum atomic E-state index is 10.8. The van der Waals surface area contributed by atoms with Gasteiger partial charge in [-0.15, -0.1) is 0 Å². The minimum atomic E-state index is -0.514. The monoisotopic (exact) mass is 353 g/mol. The molecule has 1 aliphatic rings. The van der Waals surface area contributed by atoms with Gasteiger partial charge in [-0.3, -0.25) is 10.1 Å². The largest absolute Gasteiger partial charge is 0.380 e. The minimum absolute atomic E-state index is 0.0992. The van der Waals surface area contributed by atoms with Crippen molar-refractivity contribution in [2.45, 2.75) is 19.6 Å². The fourth-order valence-corrected chi connectivity index (χ4v) is 2.82. The van der Waals surface area contributed by atoms with Gasteiger partial charge in [-0.25, -0.2) is 4.98 Å². The summed E-state index contributed by atoms with van der Waals surface area (Å²) in [5, 5.41) is 23.1. The Labute approximate surface area is 151 Å². The van der Waals surface area contributed by atoms with Crippen LogP contribution in [0, 0.1) is 21.4 Å². The maximum absolute atomic E-state index is 10.8. The first-order valence-corrected chi connectivity index (χ1v) is 8.30. The predicted octanol–water partition coefficient (Wildman–Crippen LogP) is 2.70. The first-order chi connectivity index (χ1) is 12.6. The van der Waals surface area contributed by atoms with Crippen LogP contribution in [0.1, 0.15) is 18.1 Å². The number of anilines is 2. The van der Waals surface area contributed by atoms with Crippen molar-refractivity contribution in [3.8, 4) is 6.07 Å². The van der Waals surface area contributed by atoms with Crippen LogP contribution in [-0.2, 0) is 11.3 Å². The van der Waals surface area contributed by atoms with Crippen LogP contribution in [0.3, 0.4) is 0 Å². The van der Waals surface area contributed by atoms with Gasteiger partial charge in [0.25, 0.3) is 5.69 Å². The van der Waals surface area contributed by atoms with Crippen LogP contribution in [0.2, 0.25) is 0 Å². The van der Waals surface area contributed by atoms with E-state index in [1.807, 2.05) is 25.1 Å². The van der Waals surface area contributed by atoms with E-state index in [1.165, 1.54) is 12.1 Å². The molecule has 1 aromatic carbocycles. The Bertz CT molecular complexity index is 832. The summed E-state index contributed by atoms with van der Waals surface area (Å²) in [4.78, 5) is 17.0. The van der Waals surface area contributed by atoms with E-state index >= 15 is 0 Å². The lowest BCUT2D eigenvalue weighted by molar-refractivity contribution is -0.384. The molecule has 1 aliphatic heterocycles. The fraction of sp³-hybridized carbons (Fsp3) is 0.333. The smallest absolute Gasteiger partial charge is 0.270 e. The summed E-state index contributed by atoms with van der Waals surface area (Å²) in [7, 11) is 0. The summed E-state index contributed by atoms with van der Waals surface area (Å²) in [6.07, 6.45) is 1.98. The molecule has 0 spiro atoms. The van der Waals surface area contributed by atoms with Crippen molar-refractivity contribution >= 4 is 17.2 Å². The Morgan fingerprint density at radius 1 is 1.46 bits per heavy atom. The highest BCUT2D eigenvalue weighted by Crippen LogP contribution is 2.22. The molecule has 1 atom stereocenters. The Morgan fingerprint density at radius 2 is 2.31 bits per heavy atom. The van der Waals surface area contributed by atoms with E-state index in [1.54, 1.807) is 12.3 Å². The summed E-state index contributed by atoms with van der Waals surface area (Å²) in [6, 6.07) is 10.1. The van der Waals surface area contributed by atoms with E-state index in [9.17, 15) is 15.4 Å². The normalized spacial score (nSPS) is 16.8. The number of nitro benzene ring substituents is 1. The van der Waals surface area contributed by atoms with Crippen LogP contribution >= 0.6 is 0 Å². The number of non-ortho nitro benzene ring substituents is 1. The van der Waals surface area contributed by atoms with E-state index < -0.39 is 4.92 Å². The molecule has 1 N–H and O–H groups in total. The summed E-state index contributed by atoms with van der Waals surface area (Å²) >= 11 is 0. The number of aromatic nitrogens is 1. The number of benzene rings is 1. The summed E-state index contributed by atoms with van der Waals surface area (Å²) < 4.78 is 5.54. The van der Waals surface area contributed by atoms with Crippen molar-refractivity contribution in [1.29, 1.82) is 5.26 Å². The lowest BCUT2D eigenvalue weighted by Gasteiger charge is -2.32. The number of pyridine rings is 1. The molecule has 134 valence electrons. The Kier molecular flexibility index (Phi) is 5.29. The van der Waals surface area contributed by atoms with Gasteiger partial charge >= 0.3 is 0 Å². The van der Waals surface area contributed by atoms with Crippen LogP contribution in [0.5, 0.6) is 0 Å². The van der Waals surface area contributed by atoms with Crippen molar-refractivity contribution in [2.24, 2.45) is 0 Å². The van der Waals surface area contributed by atoms with Crippen molar-refractivity contribution in [3.05, 3.63) is 57.8 Å². The number of morpholine rings is 1. The Hall–Kier alpha value is -3.18. The van der Waals surface area contributed by atoms with Crippen molar-refractivity contribution in [2.75, 3.05) is 29.9 Å². The molecule has 1 fully saturated rings. The molecule has 0 bridgehead atoms. The second kappa shape index (κ2) is 7.80. The zero-order valence-electron chi connectivity index (χ0n) is 14.4. The average Bonchev–Trinajstić information content (AvgIpc) is 2.66. The zero-order chi connectivity index (χ0) is 18.5. The van der Waals surface area contributed by atoms with Gasteiger partial charge in [0.05, 0.1) is 28.9 Å². The highest BCUT2D eigenvalue weighted by molar-refractivity contribution is 5.61. The van der Waals surface area contributed by atoms with Gasteiger partial charge in [0, 0.05) is 38.0 Å². The van der Waals surface area contributed by atoms with Crippen LogP contribution < -0.4 is 10.2 Å². The number of nitro groups is 1. The van der Waals surface area contributed by atoms with E-state index in [2.05, 4.69) is 15.2 Å². The number of hydrogen-bond donors (Lipinski definition) is 1. The molecule has 1 saturated heterocycles. The first kappa shape index (κ1) is 17.6. The van der Waals surface area contributed by atoms with Crippen molar-refractivity contribution in [3.63, 3.8) is 0 Å². The Balaban J connectivity index is 1.65. The first-order valence-electron chi connectivity index (χ1n) is 8.30. The van der Waals surface area contributed by atoms with Gasteiger partial charge in [-0.2, -0.15) is 5.26 Å². The minimum Gasteiger partial charge on any atom is -0.380 e. The topological polar surface area (TPSA) is 104 Å². The lowest BCUT2D eigenvalue weighted by Crippen LogP contribution is -2.41. The molecule has 2 aromatic rings. The van der Waals surface area contributed by atoms with Gasteiger partial charge in [0.1, 0.15) is 11.9 Å². The van der Waals surface area contributed by atoms with E-state index in [0.29, 0.717) is 18.8 Å². The standard InChI is InChI=1S/C18H19N5O3/c1-13-12-22(6-7-26-13)18-5-2-14(11-21-18)10-20-17-4-3-16(23(24)25)8-15(17)9-19/h2-5,8,11,13,20H,6-7,10,12H2,1H3. The number of hydrogen-bond acceptors (Lipinski definition) is 7. The number of nitriles is 1. The van der Waals surface area contributed by atoms with Crippen LogP contribution in [0.25, 0.3) is 0 Å². The second-order valence-corrected chi connectivity index (χ2v) is 6.10. The molecule has 0 saturated carbocycles. The summed E-state index contributed by atoms with van der Waals surface area (Å²) in [5.41, 5.74) is 1.66. The van der Waals surface area contributed by atoms with Crippen molar-refractivity contribution < 1.29 is 9.66 Å². The van der Waals surface area contributed by atoms with Gasteiger partial charge in [-0.05, 0) is 24.6 Å². The van der Waals surface area contributed by atoms with Gasteiger partial charge in [-0.1, -0.05) is 6.07 Å². The number of nitrogens with one attached hydrogen (secondary N) is 1. The molecule has 1 unspecified atom stereocenters. The number of rotatable bonds is 5. The van der Waals surface area contributed by atoms with Gasteiger partial charge in [0.2, 0.25) is 0 Å². The summed E-state index contributed by atoms with van der Waals surface area (Å²) in [6.45, 7) is 4.85. The Morgan fingerprint density at radius 3 is 2.96 bits per heavy atom. The zero-order valence-corrected chi connectivity index (χ0v) is 14.4. The van der Waals surface area contributed by atoms with Crippen LogP contribution in [0.4, 0.5) is 17.2 Å².